The lowest BCUT2D eigenvalue weighted by atomic mass is 10.3. The van der Waals surface area contributed by atoms with E-state index in [0.29, 0.717) is 11.5 Å². The van der Waals surface area contributed by atoms with Crippen LogP contribution in [0.2, 0.25) is 0 Å². The summed E-state index contributed by atoms with van der Waals surface area (Å²) < 4.78 is 37.3. The lowest BCUT2D eigenvalue weighted by molar-refractivity contribution is 0.323. The van der Waals surface area contributed by atoms with Crippen molar-refractivity contribution in [3.8, 4) is 5.75 Å². The molecule has 6 nitrogen and oxygen atoms in total. The zero-order chi connectivity index (χ0) is 15.3. The van der Waals surface area contributed by atoms with Gasteiger partial charge in [0, 0.05) is 12.6 Å². The van der Waals surface area contributed by atoms with Gasteiger partial charge in [0.2, 0.25) is 10.0 Å². The third-order valence-corrected chi connectivity index (χ3v) is 4.92. The van der Waals surface area contributed by atoms with E-state index in [1.807, 2.05) is 18.2 Å². The molecule has 21 heavy (non-hydrogen) atoms. The van der Waals surface area contributed by atoms with Gasteiger partial charge in [-0.2, -0.15) is 0 Å². The maximum absolute atomic E-state index is 12.1. The number of sulfonamides is 1. The molecule has 0 spiro atoms. The number of furan rings is 1. The first-order valence-corrected chi connectivity index (χ1v) is 8.46. The number of para-hydroxylation sites is 1. The predicted octanol–water partition coefficient (Wildman–Crippen LogP) is 1.86. The van der Waals surface area contributed by atoms with Crippen molar-refractivity contribution in [1.29, 1.82) is 0 Å². The first-order chi connectivity index (χ1) is 10.0. The Hall–Kier alpha value is -1.35. The Morgan fingerprint density at radius 1 is 1.29 bits per heavy atom. The van der Waals surface area contributed by atoms with Crippen LogP contribution in [0.3, 0.4) is 0 Å². The van der Waals surface area contributed by atoms with Gasteiger partial charge in [-0.3, -0.25) is 0 Å². The number of nitrogens with one attached hydrogen (secondary N) is 1. The Balaban J connectivity index is 1.91. The fourth-order valence-corrected chi connectivity index (χ4v) is 3.63. The van der Waals surface area contributed by atoms with Gasteiger partial charge in [-0.1, -0.05) is 18.2 Å². The molecule has 1 aromatic carbocycles. The van der Waals surface area contributed by atoms with Gasteiger partial charge in [0.25, 0.3) is 0 Å². The summed E-state index contributed by atoms with van der Waals surface area (Å²) in [6, 6.07) is 10.6. The highest BCUT2D eigenvalue weighted by molar-refractivity contribution is 9.10. The third kappa shape index (κ3) is 4.31. The molecule has 0 atom stereocenters. The number of nitrogens with two attached hydrogens (primary N) is 1. The zero-order valence-electron chi connectivity index (χ0n) is 11.1. The third-order valence-electron chi connectivity index (χ3n) is 2.60. The van der Waals surface area contributed by atoms with Crippen molar-refractivity contribution in [3.05, 3.63) is 46.8 Å². The quantitative estimate of drug-likeness (QED) is 0.721. The van der Waals surface area contributed by atoms with Gasteiger partial charge in [-0.05, 0) is 28.1 Å². The van der Waals surface area contributed by atoms with E-state index in [1.165, 1.54) is 6.07 Å². The molecule has 0 bridgehead atoms. The van der Waals surface area contributed by atoms with Crippen molar-refractivity contribution >= 4 is 26.0 Å². The first kappa shape index (κ1) is 16.0. The second-order valence-corrected chi connectivity index (χ2v) is 6.57. The van der Waals surface area contributed by atoms with Crippen LogP contribution in [0.1, 0.15) is 5.76 Å². The van der Waals surface area contributed by atoms with Crippen LogP contribution in [0, 0.1) is 0 Å². The van der Waals surface area contributed by atoms with Crippen molar-refractivity contribution < 1.29 is 17.6 Å². The van der Waals surface area contributed by atoms with Crippen molar-refractivity contribution in [2.45, 2.75) is 11.4 Å². The average Bonchev–Trinajstić information content (AvgIpc) is 2.87. The van der Waals surface area contributed by atoms with Crippen LogP contribution >= 0.6 is 15.9 Å². The molecule has 0 aliphatic carbocycles. The minimum absolute atomic E-state index is 0.0302. The van der Waals surface area contributed by atoms with E-state index in [0.717, 1.165) is 0 Å². The van der Waals surface area contributed by atoms with Crippen molar-refractivity contribution in [3.63, 3.8) is 0 Å². The minimum atomic E-state index is -3.66. The molecular weight excluding hydrogens is 360 g/mol. The Labute approximate surface area is 131 Å². The SMILES string of the molecule is NCc1cc(S(=O)(=O)NCCOc2ccccc2)c(Br)o1. The van der Waals surface area contributed by atoms with Crippen molar-refractivity contribution in [1.82, 2.24) is 4.72 Å². The molecule has 8 heteroatoms. The Morgan fingerprint density at radius 3 is 2.62 bits per heavy atom. The molecule has 0 saturated carbocycles. The Morgan fingerprint density at radius 2 is 2.00 bits per heavy atom. The monoisotopic (exact) mass is 374 g/mol. The molecule has 0 fully saturated rings. The Bertz CT molecular complexity index is 685. The van der Waals surface area contributed by atoms with Gasteiger partial charge in [-0.25, -0.2) is 13.1 Å². The summed E-state index contributed by atoms with van der Waals surface area (Å²) in [5.41, 5.74) is 5.41. The van der Waals surface area contributed by atoms with E-state index in [4.69, 9.17) is 14.9 Å². The van der Waals surface area contributed by atoms with Crippen LogP contribution in [0.4, 0.5) is 0 Å². The molecule has 0 unspecified atom stereocenters. The molecule has 0 radical (unpaired) electrons. The summed E-state index contributed by atoms with van der Waals surface area (Å²) in [5.74, 6) is 1.08. The van der Waals surface area contributed by atoms with Crippen molar-refractivity contribution in [2.24, 2.45) is 5.73 Å². The summed E-state index contributed by atoms with van der Waals surface area (Å²) in [4.78, 5) is 0.0302. The lowest BCUT2D eigenvalue weighted by Crippen LogP contribution is -2.28. The normalized spacial score (nSPS) is 11.5. The van der Waals surface area contributed by atoms with Crippen LogP contribution in [-0.4, -0.2) is 21.6 Å². The van der Waals surface area contributed by atoms with Gasteiger partial charge in [0.05, 0.1) is 6.54 Å². The standard InChI is InChI=1S/C13H15BrN2O4S/c14-13-12(8-11(9-15)20-13)21(17,18)16-6-7-19-10-4-2-1-3-5-10/h1-5,8,16H,6-7,9,15H2. The highest BCUT2D eigenvalue weighted by Gasteiger charge is 2.21. The lowest BCUT2D eigenvalue weighted by Gasteiger charge is -2.07. The van der Waals surface area contributed by atoms with Crippen LogP contribution in [-0.2, 0) is 16.6 Å². The highest BCUT2D eigenvalue weighted by atomic mass is 79.9. The Kier molecular flexibility index (Phi) is 5.40. The number of hydrogen-bond acceptors (Lipinski definition) is 5. The molecule has 3 N–H and O–H groups in total. The summed E-state index contributed by atoms with van der Waals surface area (Å²) in [7, 11) is -3.66. The molecule has 0 saturated heterocycles. The molecule has 0 amide bonds. The van der Waals surface area contributed by atoms with Crippen LogP contribution < -0.4 is 15.2 Å². The summed E-state index contributed by atoms with van der Waals surface area (Å²) in [6.45, 7) is 0.501. The zero-order valence-corrected chi connectivity index (χ0v) is 13.5. The summed E-state index contributed by atoms with van der Waals surface area (Å²) >= 11 is 3.07. The average molecular weight is 375 g/mol. The molecule has 0 aliphatic heterocycles. The molecule has 2 rings (SSSR count). The summed E-state index contributed by atoms with van der Waals surface area (Å²) in [5, 5.41) is 0. The number of rotatable bonds is 7. The van der Waals surface area contributed by atoms with E-state index < -0.39 is 10.0 Å². The number of halogens is 1. The van der Waals surface area contributed by atoms with Gasteiger partial charge in [0.15, 0.2) is 4.67 Å². The van der Waals surface area contributed by atoms with Gasteiger partial charge in [0.1, 0.15) is 23.0 Å². The van der Waals surface area contributed by atoms with E-state index in [1.54, 1.807) is 12.1 Å². The van der Waals surface area contributed by atoms with E-state index in [9.17, 15) is 8.42 Å². The van der Waals surface area contributed by atoms with Gasteiger partial charge < -0.3 is 14.9 Å². The highest BCUT2D eigenvalue weighted by Crippen LogP contribution is 2.25. The number of hydrogen-bond donors (Lipinski definition) is 2. The maximum atomic E-state index is 12.1. The molecular formula is C13H15BrN2O4S. The first-order valence-electron chi connectivity index (χ1n) is 6.19. The van der Waals surface area contributed by atoms with E-state index >= 15 is 0 Å². The van der Waals surface area contributed by atoms with Crippen LogP contribution in [0.25, 0.3) is 0 Å². The topological polar surface area (TPSA) is 94.6 Å². The molecule has 0 aliphatic rings. The number of benzene rings is 1. The number of ether oxygens (including phenoxy) is 1. The van der Waals surface area contributed by atoms with E-state index in [-0.39, 0.29) is 29.3 Å². The second kappa shape index (κ2) is 7.08. The maximum Gasteiger partial charge on any atom is 0.245 e. The predicted molar refractivity (Wildman–Crippen MR) is 81.4 cm³/mol. The summed E-state index contributed by atoms with van der Waals surface area (Å²) in [6.07, 6.45) is 0. The largest absolute Gasteiger partial charge is 0.492 e. The fraction of sp³-hybridized carbons (Fsp3) is 0.231. The second-order valence-electron chi connectivity index (χ2n) is 4.11. The fourth-order valence-electron chi connectivity index (χ4n) is 1.62. The molecule has 114 valence electrons. The minimum Gasteiger partial charge on any atom is -0.492 e. The van der Waals surface area contributed by atoms with Crippen molar-refractivity contribution in [2.75, 3.05) is 13.2 Å². The van der Waals surface area contributed by atoms with Crippen LogP contribution in [0.15, 0.2) is 50.4 Å². The molecule has 1 heterocycles. The van der Waals surface area contributed by atoms with Gasteiger partial charge in [-0.15, -0.1) is 0 Å². The van der Waals surface area contributed by atoms with Gasteiger partial charge >= 0.3 is 0 Å². The van der Waals surface area contributed by atoms with Crippen LogP contribution in [0.5, 0.6) is 5.75 Å². The smallest absolute Gasteiger partial charge is 0.245 e. The molecule has 1 aromatic heterocycles. The van der Waals surface area contributed by atoms with E-state index in [2.05, 4.69) is 20.7 Å². The molecule has 2 aromatic rings.